The zero-order valence-electron chi connectivity index (χ0n) is 13.7. The molecule has 1 heterocycles. The lowest BCUT2D eigenvalue weighted by molar-refractivity contribution is 0.627. The first-order chi connectivity index (χ1) is 11.5. The molecular weight excluding hydrogens is 311 g/mol. The van der Waals surface area contributed by atoms with E-state index in [2.05, 4.69) is 20.7 Å². The van der Waals surface area contributed by atoms with E-state index >= 15 is 0 Å². The summed E-state index contributed by atoms with van der Waals surface area (Å²) >= 11 is 0. The van der Waals surface area contributed by atoms with Crippen LogP contribution in [0.5, 0.6) is 0 Å². The van der Waals surface area contributed by atoms with Gasteiger partial charge in [0.2, 0.25) is 0 Å². The van der Waals surface area contributed by atoms with Crippen molar-refractivity contribution in [2.75, 3.05) is 18.4 Å². The average molecular weight is 332 g/mol. The van der Waals surface area contributed by atoms with Gasteiger partial charge in [-0.25, -0.2) is 9.37 Å². The number of anilines is 1. The van der Waals surface area contributed by atoms with Crippen molar-refractivity contribution >= 4 is 12.0 Å². The van der Waals surface area contributed by atoms with E-state index in [9.17, 15) is 9.18 Å². The average Bonchev–Trinajstić information content (AvgIpc) is 2.51. The summed E-state index contributed by atoms with van der Waals surface area (Å²) in [6, 6.07) is 6.06. The van der Waals surface area contributed by atoms with Crippen LogP contribution in [0.25, 0.3) is 5.69 Å². The van der Waals surface area contributed by atoms with Gasteiger partial charge in [-0.3, -0.25) is 9.36 Å². The first-order valence-electron chi connectivity index (χ1n) is 7.59. The minimum atomic E-state index is -0.421. The molecule has 2 rings (SSSR count). The van der Waals surface area contributed by atoms with Crippen molar-refractivity contribution in [1.29, 1.82) is 0 Å². The smallest absolute Gasteiger partial charge is 0.258 e. The Kier molecular flexibility index (Phi) is 5.89. The topological polar surface area (TPSA) is 97.3 Å². The van der Waals surface area contributed by atoms with Gasteiger partial charge in [-0.15, -0.1) is 0 Å². The number of hydrogen-bond donors (Lipinski definition) is 3. The number of aryl methyl sites for hydroxylation is 2. The molecule has 0 unspecified atom stereocenters. The fourth-order valence-corrected chi connectivity index (χ4v) is 2.37. The summed E-state index contributed by atoms with van der Waals surface area (Å²) in [5.74, 6) is 5.06. The highest BCUT2D eigenvalue weighted by Gasteiger charge is 2.09. The maximum atomic E-state index is 14.3. The molecule has 0 atom stereocenters. The monoisotopic (exact) mass is 332 g/mol. The van der Waals surface area contributed by atoms with Crippen LogP contribution in [-0.2, 0) is 0 Å². The molecule has 0 amide bonds. The Morgan fingerprint density at radius 1 is 1.33 bits per heavy atom. The minimum absolute atomic E-state index is 0.229. The van der Waals surface area contributed by atoms with Crippen molar-refractivity contribution in [1.82, 2.24) is 14.9 Å². The van der Waals surface area contributed by atoms with Crippen LogP contribution in [-0.4, -0.2) is 29.0 Å². The van der Waals surface area contributed by atoms with E-state index in [0.29, 0.717) is 36.0 Å². The molecule has 0 aliphatic rings. The molecule has 0 radical (unpaired) electrons. The maximum Gasteiger partial charge on any atom is 0.258 e. The summed E-state index contributed by atoms with van der Waals surface area (Å²) < 4.78 is 15.6. The zero-order valence-corrected chi connectivity index (χ0v) is 13.7. The number of hydrogen-bond acceptors (Lipinski definition) is 5. The molecule has 8 heteroatoms. The van der Waals surface area contributed by atoms with Gasteiger partial charge in [0.1, 0.15) is 18.0 Å². The standard InChI is InChI=1S/C16H21FN6O/c1-11-8-16(24)23(12(2)22-11)13-4-5-15(14(17)9-13)20-7-3-6-19-10-21-18/h4-5,8-10,20H,3,6-7,18H2,1-2H3,(H,19,21). The predicted octanol–water partition coefficient (Wildman–Crippen LogP) is 1.28. The minimum Gasteiger partial charge on any atom is -0.383 e. The summed E-state index contributed by atoms with van der Waals surface area (Å²) in [6.07, 6.45) is 2.18. The molecule has 0 spiro atoms. The van der Waals surface area contributed by atoms with Gasteiger partial charge in [-0.2, -0.15) is 5.10 Å². The highest BCUT2D eigenvalue weighted by atomic mass is 19.1. The molecule has 0 saturated carbocycles. The zero-order chi connectivity index (χ0) is 17.5. The number of nitrogens with zero attached hydrogens (tertiary/aromatic N) is 3. The third kappa shape index (κ3) is 4.31. The van der Waals surface area contributed by atoms with Crippen LogP contribution in [0.4, 0.5) is 10.1 Å². The van der Waals surface area contributed by atoms with Crippen LogP contribution < -0.4 is 22.0 Å². The molecule has 1 aromatic heterocycles. The largest absolute Gasteiger partial charge is 0.383 e. The van der Waals surface area contributed by atoms with E-state index in [0.717, 1.165) is 6.42 Å². The second-order valence-electron chi connectivity index (χ2n) is 5.30. The quantitative estimate of drug-likeness (QED) is 0.233. The van der Waals surface area contributed by atoms with E-state index in [1.807, 2.05) is 0 Å². The number of benzene rings is 1. The third-order valence-electron chi connectivity index (χ3n) is 3.40. The first-order valence-corrected chi connectivity index (χ1v) is 7.59. The number of aromatic nitrogens is 2. The molecule has 0 saturated heterocycles. The number of halogens is 1. The third-order valence-corrected chi connectivity index (χ3v) is 3.40. The summed E-state index contributed by atoms with van der Waals surface area (Å²) in [4.78, 5) is 16.4. The van der Waals surface area contributed by atoms with Crippen LogP contribution in [0, 0.1) is 19.7 Å². The molecule has 0 aliphatic carbocycles. The van der Waals surface area contributed by atoms with Crippen LogP contribution in [0.1, 0.15) is 17.9 Å². The van der Waals surface area contributed by atoms with Crippen molar-refractivity contribution in [3.8, 4) is 5.69 Å². The fraction of sp³-hybridized carbons (Fsp3) is 0.312. The molecule has 2 aromatic rings. The lowest BCUT2D eigenvalue weighted by Crippen LogP contribution is -2.22. The second-order valence-corrected chi connectivity index (χ2v) is 5.30. The lowest BCUT2D eigenvalue weighted by atomic mass is 10.2. The lowest BCUT2D eigenvalue weighted by Gasteiger charge is -2.12. The van der Waals surface area contributed by atoms with Gasteiger partial charge >= 0.3 is 0 Å². The van der Waals surface area contributed by atoms with Crippen molar-refractivity contribution in [2.24, 2.45) is 10.9 Å². The van der Waals surface area contributed by atoms with Crippen LogP contribution in [0.3, 0.4) is 0 Å². The molecule has 1 aromatic carbocycles. The normalized spacial score (nSPS) is 11.0. The molecule has 128 valence electrons. The Labute approximate surface area is 139 Å². The van der Waals surface area contributed by atoms with Gasteiger partial charge < -0.3 is 16.5 Å². The van der Waals surface area contributed by atoms with Crippen molar-refractivity contribution in [3.05, 3.63) is 52.0 Å². The van der Waals surface area contributed by atoms with Gasteiger partial charge in [0.15, 0.2) is 0 Å². The fourth-order valence-electron chi connectivity index (χ4n) is 2.37. The highest BCUT2D eigenvalue weighted by molar-refractivity contribution is 5.53. The highest BCUT2D eigenvalue weighted by Crippen LogP contribution is 2.18. The predicted molar refractivity (Wildman–Crippen MR) is 93.1 cm³/mol. The Morgan fingerprint density at radius 2 is 2.12 bits per heavy atom. The van der Waals surface area contributed by atoms with Crippen molar-refractivity contribution < 1.29 is 4.39 Å². The van der Waals surface area contributed by atoms with E-state index in [1.54, 1.807) is 26.0 Å². The number of rotatable bonds is 7. The van der Waals surface area contributed by atoms with Crippen molar-refractivity contribution in [3.63, 3.8) is 0 Å². The van der Waals surface area contributed by atoms with Crippen LogP contribution in [0.2, 0.25) is 0 Å². The van der Waals surface area contributed by atoms with Crippen LogP contribution in [0.15, 0.2) is 34.2 Å². The van der Waals surface area contributed by atoms with Crippen LogP contribution >= 0.6 is 0 Å². The van der Waals surface area contributed by atoms with Gasteiger partial charge in [0.05, 0.1) is 11.4 Å². The first kappa shape index (κ1) is 17.5. The second kappa shape index (κ2) is 8.09. The number of nitrogens with one attached hydrogen (secondary N) is 2. The summed E-state index contributed by atoms with van der Waals surface area (Å²) in [6.45, 7) is 4.74. The Balaban J connectivity index is 2.09. The Bertz CT molecular complexity index is 787. The summed E-state index contributed by atoms with van der Waals surface area (Å²) in [7, 11) is 0. The van der Waals surface area contributed by atoms with E-state index < -0.39 is 5.82 Å². The van der Waals surface area contributed by atoms with E-state index in [1.165, 1.54) is 23.0 Å². The number of hydrazone groups is 1. The summed E-state index contributed by atoms with van der Waals surface area (Å²) in [5, 5.41) is 9.22. The number of nitrogens with two attached hydrogens (primary N) is 1. The van der Waals surface area contributed by atoms with E-state index in [4.69, 9.17) is 5.84 Å². The molecule has 7 nitrogen and oxygen atoms in total. The molecule has 0 bridgehead atoms. The maximum absolute atomic E-state index is 14.3. The molecule has 4 N–H and O–H groups in total. The molecule has 0 fully saturated rings. The summed E-state index contributed by atoms with van der Waals surface area (Å²) in [5.41, 5.74) is 1.25. The van der Waals surface area contributed by atoms with E-state index in [-0.39, 0.29) is 5.56 Å². The van der Waals surface area contributed by atoms with Gasteiger partial charge in [-0.1, -0.05) is 0 Å². The Hall–Kier alpha value is -2.90. The Morgan fingerprint density at radius 3 is 2.79 bits per heavy atom. The molecular formula is C16H21FN6O. The van der Waals surface area contributed by atoms with Gasteiger partial charge in [-0.05, 0) is 32.4 Å². The van der Waals surface area contributed by atoms with Gasteiger partial charge in [0.25, 0.3) is 5.56 Å². The van der Waals surface area contributed by atoms with Gasteiger partial charge in [0, 0.05) is 30.9 Å². The van der Waals surface area contributed by atoms with Crippen molar-refractivity contribution in [2.45, 2.75) is 20.3 Å². The molecule has 0 aliphatic heterocycles. The molecule has 24 heavy (non-hydrogen) atoms. The SMILES string of the molecule is Cc1cc(=O)n(-c2ccc(NCCCN/C=N\N)c(F)c2)c(C)n1.